The molecule has 1 unspecified atom stereocenters. The predicted molar refractivity (Wildman–Crippen MR) is 161 cm³/mol. The van der Waals surface area contributed by atoms with E-state index in [0.717, 1.165) is 18.8 Å². The SMILES string of the molecule is CCCCCCCCCCOc1ccc(-c2ccc(CCCCCCC(C)O[Si](C)(C)C)cc2)cc1. The fourth-order valence-corrected chi connectivity index (χ4v) is 6.14. The van der Waals surface area contributed by atoms with Crippen LogP contribution >= 0.6 is 0 Å². The van der Waals surface area contributed by atoms with Crippen LogP contribution < -0.4 is 4.74 Å². The standard InChI is InChI=1S/C33H54O2Si/c1-6-7-8-9-10-11-14-17-28-34-33-26-24-32(25-27-33)31-22-20-30(21-23-31)19-16-13-12-15-18-29(2)35-36(3,4)5/h20-27,29H,6-19,28H2,1-5H3. The van der Waals surface area contributed by atoms with Gasteiger partial charge in [0.1, 0.15) is 5.75 Å². The lowest BCUT2D eigenvalue weighted by molar-refractivity contribution is 0.199. The van der Waals surface area contributed by atoms with Gasteiger partial charge in [-0.1, -0.05) is 108 Å². The van der Waals surface area contributed by atoms with Crippen LogP contribution in [0.2, 0.25) is 19.6 Å². The van der Waals surface area contributed by atoms with Crippen molar-refractivity contribution in [1.29, 1.82) is 0 Å². The molecule has 36 heavy (non-hydrogen) atoms. The van der Waals surface area contributed by atoms with Crippen LogP contribution in [0.4, 0.5) is 0 Å². The number of hydrogen-bond donors (Lipinski definition) is 0. The van der Waals surface area contributed by atoms with E-state index in [1.54, 1.807) is 0 Å². The molecular formula is C33H54O2Si. The fourth-order valence-electron chi connectivity index (χ4n) is 4.81. The summed E-state index contributed by atoms with van der Waals surface area (Å²) >= 11 is 0. The van der Waals surface area contributed by atoms with Crippen molar-refractivity contribution in [2.45, 2.75) is 129 Å². The Morgan fingerprint density at radius 1 is 0.639 bits per heavy atom. The van der Waals surface area contributed by atoms with Gasteiger partial charge in [-0.25, -0.2) is 0 Å². The van der Waals surface area contributed by atoms with Crippen LogP contribution in [0, 0.1) is 0 Å². The van der Waals surface area contributed by atoms with Crippen molar-refractivity contribution in [2.24, 2.45) is 0 Å². The first-order chi connectivity index (χ1) is 17.4. The normalized spacial score (nSPS) is 12.6. The zero-order valence-corrected chi connectivity index (χ0v) is 25.1. The molecule has 0 saturated heterocycles. The zero-order valence-electron chi connectivity index (χ0n) is 24.1. The Bertz CT molecular complexity index is 792. The number of benzene rings is 2. The van der Waals surface area contributed by atoms with E-state index < -0.39 is 8.32 Å². The summed E-state index contributed by atoms with van der Waals surface area (Å²) in [5.41, 5.74) is 3.99. The van der Waals surface area contributed by atoms with E-state index in [1.165, 1.54) is 100 Å². The minimum atomic E-state index is -1.39. The molecule has 202 valence electrons. The second-order valence-corrected chi connectivity index (χ2v) is 16.0. The number of ether oxygens (including phenoxy) is 1. The molecule has 2 nitrogen and oxygen atoms in total. The summed E-state index contributed by atoms with van der Waals surface area (Å²) in [4.78, 5) is 0. The fraction of sp³-hybridized carbons (Fsp3) is 0.636. The van der Waals surface area contributed by atoms with Gasteiger partial charge < -0.3 is 9.16 Å². The Morgan fingerprint density at radius 2 is 1.17 bits per heavy atom. The van der Waals surface area contributed by atoms with E-state index in [0.29, 0.717) is 6.10 Å². The quantitative estimate of drug-likeness (QED) is 0.130. The first-order valence-corrected chi connectivity index (χ1v) is 18.3. The van der Waals surface area contributed by atoms with E-state index in [4.69, 9.17) is 9.16 Å². The third-order valence-electron chi connectivity index (χ3n) is 6.79. The highest BCUT2D eigenvalue weighted by molar-refractivity contribution is 6.69. The largest absolute Gasteiger partial charge is 0.494 e. The molecule has 3 heteroatoms. The van der Waals surface area contributed by atoms with Gasteiger partial charge in [-0.3, -0.25) is 0 Å². The number of hydrogen-bond acceptors (Lipinski definition) is 2. The van der Waals surface area contributed by atoms with Crippen molar-refractivity contribution in [3.8, 4) is 16.9 Å². The van der Waals surface area contributed by atoms with E-state index in [9.17, 15) is 0 Å². The first kappa shape index (κ1) is 30.6. The Hall–Kier alpha value is -1.58. The van der Waals surface area contributed by atoms with E-state index in [-0.39, 0.29) is 0 Å². The molecule has 1 atom stereocenters. The molecule has 0 aliphatic carbocycles. The summed E-state index contributed by atoms with van der Waals surface area (Å²) in [5.74, 6) is 0.986. The third kappa shape index (κ3) is 14.2. The van der Waals surface area contributed by atoms with Crippen molar-refractivity contribution < 1.29 is 9.16 Å². The van der Waals surface area contributed by atoms with Gasteiger partial charge in [-0.15, -0.1) is 0 Å². The smallest absolute Gasteiger partial charge is 0.184 e. The minimum absolute atomic E-state index is 0.416. The summed E-state index contributed by atoms with van der Waals surface area (Å²) in [6.07, 6.45) is 18.6. The van der Waals surface area contributed by atoms with E-state index in [2.05, 4.69) is 82.0 Å². The molecule has 0 aliphatic heterocycles. The molecule has 2 aromatic carbocycles. The topological polar surface area (TPSA) is 18.5 Å². The molecule has 0 aliphatic rings. The monoisotopic (exact) mass is 510 g/mol. The molecule has 0 fully saturated rings. The molecule has 0 N–H and O–H groups in total. The molecular weight excluding hydrogens is 456 g/mol. The first-order valence-electron chi connectivity index (χ1n) is 14.9. The van der Waals surface area contributed by atoms with Gasteiger partial charge in [0.15, 0.2) is 8.32 Å². The van der Waals surface area contributed by atoms with Gasteiger partial charge in [-0.2, -0.15) is 0 Å². The Balaban J connectivity index is 1.59. The van der Waals surface area contributed by atoms with Crippen molar-refractivity contribution in [1.82, 2.24) is 0 Å². The molecule has 2 aromatic rings. The van der Waals surface area contributed by atoms with E-state index >= 15 is 0 Å². The highest BCUT2D eigenvalue weighted by Crippen LogP contribution is 2.24. The van der Waals surface area contributed by atoms with Crippen LogP contribution in [0.1, 0.15) is 103 Å². The Labute approximate surface area is 224 Å². The number of aryl methyl sites for hydroxylation is 1. The predicted octanol–water partition coefficient (Wildman–Crippen LogP) is 10.6. The average molecular weight is 511 g/mol. The van der Waals surface area contributed by atoms with Gasteiger partial charge in [-0.05, 0) is 81.1 Å². The van der Waals surface area contributed by atoms with Crippen LogP contribution in [0.25, 0.3) is 11.1 Å². The van der Waals surface area contributed by atoms with Gasteiger partial charge in [0, 0.05) is 6.10 Å². The van der Waals surface area contributed by atoms with Gasteiger partial charge in [0.2, 0.25) is 0 Å². The maximum atomic E-state index is 6.14. The summed E-state index contributed by atoms with van der Waals surface area (Å²) in [6, 6.07) is 17.7. The molecule has 0 amide bonds. The van der Waals surface area contributed by atoms with Crippen LogP contribution in [0.5, 0.6) is 5.75 Å². The zero-order chi connectivity index (χ0) is 26.1. The Kier molecular flexibility index (Phi) is 15.1. The van der Waals surface area contributed by atoms with Crippen LogP contribution in [-0.4, -0.2) is 21.0 Å². The molecule has 0 heterocycles. The summed E-state index contributed by atoms with van der Waals surface area (Å²) in [5, 5.41) is 0. The van der Waals surface area contributed by atoms with Gasteiger partial charge in [0.25, 0.3) is 0 Å². The molecule has 0 saturated carbocycles. The minimum Gasteiger partial charge on any atom is -0.494 e. The number of rotatable bonds is 20. The average Bonchev–Trinajstić information content (AvgIpc) is 2.85. The summed E-state index contributed by atoms with van der Waals surface area (Å²) < 4.78 is 12.1. The molecule has 0 aromatic heterocycles. The number of unbranched alkanes of at least 4 members (excludes halogenated alkanes) is 10. The lowest BCUT2D eigenvalue weighted by Gasteiger charge is -2.23. The second-order valence-electron chi connectivity index (χ2n) is 11.5. The Morgan fingerprint density at radius 3 is 1.78 bits per heavy atom. The van der Waals surface area contributed by atoms with Gasteiger partial charge in [0.05, 0.1) is 6.61 Å². The van der Waals surface area contributed by atoms with Crippen molar-refractivity contribution >= 4 is 8.32 Å². The molecule has 2 rings (SSSR count). The second kappa shape index (κ2) is 17.8. The highest BCUT2D eigenvalue weighted by atomic mass is 28.4. The molecule has 0 spiro atoms. The van der Waals surface area contributed by atoms with Crippen molar-refractivity contribution in [3.05, 3.63) is 54.1 Å². The highest BCUT2D eigenvalue weighted by Gasteiger charge is 2.17. The van der Waals surface area contributed by atoms with Gasteiger partial charge >= 0.3 is 0 Å². The third-order valence-corrected chi connectivity index (χ3v) is 7.90. The van der Waals surface area contributed by atoms with Crippen molar-refractivity contribution in [2.75, 3.05) is 6.61 Å². The van der Waals surface area contributed by atoms with Crippen molar-refractivity contribution in [3.63, 3.8) is 0 Å². The lowest BCUT2D eigenvalue weighted by Crippen LogP contribution is -2.30. The summed E-state index contributed by atoms with van der Waals surface area (Å²) in [6.45, 7) is 12.2. The van der Waals surface area contributed by atoms with Crippen LogP contribution in [0.3, 0.4) is 0 Å². The summed E-state index contributed by atoms with van der Waals surface area (Å²) in [7, 11) is -1.39. The van der Waals surface area contributed by atoms with Crippen LogP contribution in [0.15, 0.2) is 48.5 Å². The maximum absolute atomic E-state index is 6.14. The maximum Gasteiger partial charge on any atom is 0.184 e. The van der Waals surface area contributed by atoms with Crippen LogP contribution in [-0.2, 0) is 10.8 Å². The molecule has 0 radical (unpaired) electrons. The molecule has 0 bridgehead atoms. The lowest BCUT2D eigenvalue weighted by atomic mass is 10.0. The van der Waals surface area contributed by atoms with E-state index in [1.807, 2.05) is 0 Å².